The molecule has 0 radical (unpaired) electrons. The molecular formula is C14H17FN2O2S2. The van der Waals surface area contributed by atoms with E-state index < -0.39 is 15.8 Å². The zero-order valence-corrected chi connectivity index (χ0v) is 13.2. The van der Waals surface area contributed by atoms with Gasteiger partial charge < -0.3 is 5.73 Å². The fourth-order valence-electron chi connectivity index (χ4n) is 1.96. The van der Waals surface area contributed by atoms with Crippen LogP contribution in [0.15, 0.2) is 34.5 Å². The van der Waals surface area contributed by atoms with Crippen LogP contribution < -0.4 is 10.5 Å². The summed E-state index contributed by atoms with van der Waals surface area (Å²) in [6.07, 6.45) is 0.831. The van der Waals surface area contributed by atoms with Gasteiger partial charge in [0, 0.05) is 18.0 Å². The van der Waals surface area contributed by atoms with Crippen molar-refractivity contribution in [3.05, 3.63) is 51.5 Å². The Labute approximate surface area is 127 Å². The normalized spacial score (nSPS) is 11.8. The van der Waals surface area contributed by atoms with E-state index in [0.717, 1.165) is 22.9 Å². The van der Waals surface area contributed by atoms with Crippen molar-refractivity contribution in [3.8, 4) is 0 Å². The Hall–Kier alpha value is -1.28. The SMILES string of the molecule is CCc1ccsc1CNS(=O)(=O)c1cc(CN)ccc1F. The Balaban J connectivity index is 2.23. The zero-order chi connectivity index (χ0) is 15.5. The van der Waals surface area contributed by atoms with Crippen molar-refractivity contribution >= 4 is 21.4 Å². The van der Waals surface area contributed by atoms with Gasteiger partial charge in [-0.25, -0.2) is 17.5 Å². The van der Waals surface area contributed by atoms with Crippen molar-refractivity contribution in [1.82, 2.24) is 4.72 Å². The van der Waals surface area contributed by atoms with E-state index >= 15 is 0 Å². The predicted molar refractivity (Wildman–Crippen MR) is 82.0 cm³/mol. The van der Waals surface area contributed by atoms with Crippen LogP contribution >= 0.6 is 11.3 Å². The zero-order valence-electron chi connectivity index (χ0n) is 11.6. The minimum atomic E-state index is -3.90. The average Bonchev–Trinajstić information content (AvgIpc) is 2.93. The van der Waals surface area contributed by atoms with Gasteiger partial charge in [0.25, 0.3) is 0 Å². The lowest BCUT2D eigenvalue weighted by molar-refractivity contribution is 0.556. The maximum Gasteiger partial charge on any atom is 0.243 e. The van der Waals surface area contributed by atoms with Crippen molar-refractivity contribution in [2.75, 3.05) is 0 Å². The molecule has 0 aliphatic carbocycles. The highest BCUT2D eigenvalue weighted by molar-refractivity contribution is 7.89. The summed E-state index contributed by atoms with van der Waals surface area (Å²) in [6.45, 7) is 2.33. The number of sulfonamides is 1. The number of nitrogens with one attached hydrogen (secondary N) is 1. The van der Waals surface area contributed by atoms with Gasteiger partial charge in [0.05, 0.1) is 0 Å². The molecule has 0 spiro atoms. The van der Waals surface area contributed by atoms with Gasteiger partial charge >= 0.3 is 0 Å². The second kappa shape index (κ2) is 6.65. The quantitative estimate of drug-likeness (QED) is 0.855. The van der Waals surface area contributed by atoms with Crippen LogP contribution in [0.1, 0.15) is 22.9 Å². The van der Waals surface area contributed by atoms with Crippen molar-refractivity contribution in [2.24, 2.45) is 5.73 Å². The number of benzene rings is 1. The van der Waals surface area contributed by atoms with Crippen LogP contribution in [0.3, 0.4) is 0 Å². The lowest BCUT2D eigenvalue weighted by Crippen LogP contribution is -2.24. The Bertz CT molecular complexity index is 726. The minimum Gasteiger partial charge on any atom is -0.326 e. The van der Waals surface area contributed by atoms with Crippen LogP contribution in [0, 0.1) is 5.82 Å². The predicted octanol–water partition coefficient (Wildman–Crippen LogP) is 2.39. The van der Waals surface area contributed by atoms with Crippen LogP contribution in [0.5, 0.6) is 0 Å². The Morgan fingerprint density at radius 3 is 2.76 bits per heavy atom. The van der Waals surface area contributed by atoms with E-state index in [-0.39, 0.29) is 18.0 Å². The first-order chi connectivity index (χ1) is 9.97. The summed E-state index contributed by atoms with van der Waals surface area (Å²) >= 11 is 1.48. The summed E-state index contributed by atoms with van der Waals surface area (Å²) in [7, 11) is -3.90. The molecule has 114 valence electrons. The number of hydrogen-bond donors (Lipinski definition) is 2. The van der Waals surface area contributed by atoms with Crippen LogP contribution in [-0.2, 0) is 29.5 Å². The van der Waals surface area contributed by atoms with Gasteiger partial charge in [-0.05, 0) is 41.1 Å². The molecule has 0 saturated heterocycles. The molecule has 3 N–H and O–H groups in total. The topological polar surface area (TPSA) is 72.2 Å². The monoisotopic (exact) mass is 328 g/mol. The molecule has 0 aliphatic heterocycles. The van der Waals surface area contributed by atoms with E-state index in [1.54, 1.807) is 0 Å². The van der Waals surface area contributed by atoms with Crippen LogP contribution in [0.25, 0.3) is 0 Å². The highest BCUT2D eigenvalue weighted by Gasteiger charge is 2.19. The molecule has 7 heteroatoms. The van der Waals surface area contributed by atoms with Crippen LogP contribution in [0.2, 0.25) is 0 Å². The van der Waals surface area contributed by atoms with Gasteiger partial charge in [-0.1, -0.05) is 13.0 Å². The molecule has 1 heterocycles. The Morgan fingerprint density at radius 2 is 2.10 bits per heavy atom. The lowest BCUT2D eigenvalue weighted by atomic mass is 10.2. The molecule has 1 aromatic heterocycles. The Kier molecular flexibility index (Phi) is 5.10. The molecule has 2 rings (SSSR count). The van der Waals surface area contributed by atoms with E-state index in [2.05, 4.69) is 4.72 Å². The highest BCUT2D eigenvalue weighted by atomic mass is 32.2. The summed E-state index contributed by atoms with van der Waals surface area (Å²) in [4.78, 5) is 0.580. The van der Waals surface area contributed by atoms with Gasteiger partial charge in [0.1, 0.15) is 10.7 Å². The van der Waals surface area contributed by atoms with Gasteiger partial charge in [-0.2, -0.15) is 0 Å². The van der Waals surface area contributed by atoms with Crippen molar-refractivity contribution in [3.63, 3.8) is 0 Å². The summed E-state index contributed by atoms with van der Waals surface area (Å²) in [6, 6.07) is 5.83. The maximum atomic E-state index is 13.8. The molecule has 1 aromatic carbocycles. The summed E-state index contributed by atoms with van der Waals surface area (Å²) < 4.78 is 40.7. The average molecular weight is 328 g/mol. The number of nitrogens with two attached hydrogens (primary N) is 1. The van der Waals surface area contributed by atoms with E-state index in [9.17, 15) is 12.8 Å². The number of thiophene rings is 1. The first-order valence-electron chi connectivity index (χ1n) is 6.51. The van der Waals surface area contributed by atoms with E-state index in [0.29, 0.717) is 5.56 Å². The van der Waals surface area contributed by atoms with Gasteiger partial charge in [-0.3, -0.25) is 0 Å². The first kappa shape index (κ1) is 16.1. The van der Waals surface area contributed by atoms with Gasteiger partial charge in [0.2, 0.25) is 10.0 Å². The summed E-state index contributed by atoms with van der Waals surface area (Å²) in [5.74, 6) is -0.776. The summed E-state index contributed by atoms with van der Waals surface area (Å²) in [5, 5.41) is 1.91. The molecule has 0 unspecified atom stereocenters. The lowest BCUT2D eigenvalue weighted by Gasteiger charge is -2.09. The second-order valence-corrected chi connectivity index (χ2v) is 7.25. The molecular weight excluding hydrogens is 311 g/mol. The van der Waals surface area contributed by atoms with Crippen molar-refractivity contribution in [1.29, 1.82) is 0 Å². The number of hydrogen-bond acceptors (Lipinski definition) is 4. The fourth-order valence-corrected chi connectivity index (χ4v) is 4.08. The Morgan fingerprint density at radius 1 is 1.33 bits per heavy atom. The number of halogens is 1. The number of aryl methyl sites for hydroxylation is 1. The second-order valence-electron chi connectivity index (χ2n) is 4.52. The molecule has 2 aromatic rings. The van der Waals surface area contributed by atoms with Crippen LogP contribution in [-0.4, -0.2) is 8.42 Å². The molecule has 0 saturated carbocycles. The fraction of sp³-hybridized carbons (Fsp3) is 0.286. The number of rotatable bonds is 6. The third-order valence-corrected chi connectivity index (χ3v) is 5.54. The maximum absolute atomic E-state index is 13.8. The van der Waals surface area contributed by atoms with Crippen molar-refractivity contribution in [2.45, 2.75) is 31.3 Å². The largest absolute Gasteiger partial charge is 0.326 e. The molecule has 0 fully saturated rings. The van der Waals surface area contributed by atoms with Gasteiger partial charge in [0.15, 0.2) is 0 Å². The third-order valence-electron chi connectivity index (χ3n) is 3.16. The molecule has 0 bridgehead atoms. The van der Waals surface area contributed by atoms with E-state index in [4.69, 9.17) is 5.73 Å². The van der Waals surface area contributed by atoms with E-state index in [1.165, 1.54) is 23.5 Å². The minimum absolute atomic E-state index is 0.160. The molecule has 0 aliphatic rings. The molecule has 0 amide bonds. The first-order valence-corrected chi connectivity index (χ1v) is 8.87. The van der Waals surface area contributed by atoms with Crippen molar-refractivity contribution < 1.29 is 12.8 Å². The molecule has 21 heavy (non-hydrogen) atoms. The third kappa shape index (κ3) is 3.68. The molecule has 0 atom stereocenters. The van der Waals surface area contributed by atoms with E-state index in [1.807, 2.05) is 18.4 Å². The van der Waals surface area contributed by atoms with Crippen LogP contribution in [0.4, 0.5) is 4.39 Å². The standard InChI is InChI=1S/C14H17FN2O2S2/c1-2-11-5-6-20-13(11)9-17-21(18,19)14-7-10(8-16)3-4-12(14)15/h3-7,17H,2,8-9,16H2,1H3. The summed E-state index contributed by atoms with van der Waals surface area (Å²) in [5.41, 5.74) is 7.13. The highest BCUT2D eigenvalue weighted by Crippen LogP contribution is 2.20. The smallest absolute Gasteiger partial charge is 0.243 e. The molecule has 4 nitrogen and oxygen atoms in total. The van der Waals surface area contributed by atoms with Gasteiger partial charge in [-0.15, -0.1) is 11.3 Å².